The lowest BCUT2D eigenvalue weighted by molar-refractivity contribution is 0.414. The third kappa shape index (κ3) is 3.19. The van der Waals surface area contributed by atoms with Crippen LogP contribution in [0.4, 0.5) is 11.6 Å². The van der Waals surface area contributed by atoms with E-state index in [-0.39, 0.29) is 0 Å². The fraction of sp³-hybridized carbons (Fsp3) is 0.125. The van der Waals surface area contributed by atoms with Crippen LogP contribution in [0.1, 0.15) is 0 Å². The highest BCUT2D eigenvalue weighted by Gasteiger charge is 2.09. The molecule has 3 rings (SSSR count). The maximum Gasteiger partial charge on any atom is 0.232 e. The summed E-state index contributed by atoms with van der Waals surface area (Å²) in [5, 5.41) is 10.3. The predicted molar refractivity (Wildman–Crippen MR) is 91.6 cm³/mol. The minimum atomic E-state index is 0.489. The Balaban J connectivity index is 1.99. The van der Waals surface area contributed by atoms with Gasteiger partial charge in [-0.2, -0.15) is 0 Å². The molecule has 0 bridgehead atoms. The summed E-state index contributed by atoms with van der Waals surface area (Å²) in [5.74, 6) is 2.09. The largest absolute Gasteiger partial charge is 0.497 e. The molecule has 1 heterocycles. The molecule has 0 radical (unpaired) electrons. The summed E-state index contributed by atoms with van der Waals surface area (Å²) in [6.45, 7) is 0. The summed E-state index contributed by atoms with van der Waals surface area (Å²) >= 11 is 5.34. The second-order valence-corrected chi connectivity index (χ2v) is 5.13. The van der Waals surface area contributed by atoms with Crippen molar-refractivity contribution in [1.29, 1.82) is 0 Å². The lowest BCUT2D eigenvalue weighted by atomic mass is 10.3. The first kappa shape index (κ1) is 15.1. The van der Waals surface area contributed by atoms with Gasteiger partial charge in [0.15, 0.2) is 0 Å². The molecule has 0 aliphatic rings. The van der Waals surface area contributed by atoms with Crippen LogP contribution in [0.25, 0.3) is 5.69 Å². The van der Waals surface area contributed by atoms with E-state index in [4.69, 9.17) is 21.7 Å². The highest BCUT2D eigenvalue weighted by atomic mass is 32.1. The van der Waals surface area contributed by atoms with Crippen molar-refractivity contribution < 1.29 is 9.47 Å². The second-order valence-electron chi connectivity index (χ2n) is 4.75. The van der Waals surface area contributed by atoms with Gasteiger partial charge >= 0.3 is 0 Å². The van der Waals surface area contributed by atoms with Gasteiger partial charge in [0.25, 0.3) is 0 Å². The van der Waals surface area contributed by atoms with Crippen molar-refractivity contribution in [3.8, 4) is 17.2 Å². The number of hydrogen-bond acceptors (Lipinski definition) is 5. The van der Waals surface area contributed by atoms with Crippen LogP contribution in [0.2, 0.25) is 0 Å². The molecule has 0 amide bonds. The number of H-pyrrole nitrogens is 1. The Bertz CT molecular complexity index is 872. The third-order valence-electron chi connectivity index (χ3n) is 3.31. The normalized spacial score (nSPS) is 10.3. The number of nitrogens with zero attached hydrogens (tertiary/aromatic N) is 2. The topological polar surface area (TPSA) is 64.1 Å². The Hall–Kier alpha value is -2.80. The number of rotatable bonds is 5. The number of methoxy groups -OCH3 is 2. The van der Waals surface area contributed by atoms with Gasteiger partial charge in [-0.3, -0.25) is 4.57 Å². The van der Waals surface area contributed by atoms with Crippen molar-refractivity contribution in [3.63, 3.8) is 0 Å². The average Bonchev–Trinajstić information content (AvgIpc) is 2.95. The molecule has 1 aromatic heterocycles. The maximum atomic E-state index is 5.34. The van der Waals surface area contributed by atoms with Crippen LogP contribution >= 0.6 is 12.2 Å². The smallest absolute Gasteiger partial charge is 0.232 e. The highest BCUT2D eigenvalue weighted by molar-refractivity contribution is 7.71. The molecule has 3 aromatic rings. The molecule has 23 heavy (non-hydrogen) atoms. The van der Waals surface area contributed by atoms with Gasteiger partial charge in [-0.05, 0) is 36.5 Å². The molecule has 6 nitrogen and oxygen atoms in total. The van der Waals surface area contributed by atoms with Gasteiger partial charge in [0.2, 0.25) is 10.7 Å². The van der Waals surface area contributed by atoms with Crippen molar-refractivity contribution in [2.75, 3.05) is 19.5 Å². The van der Waals surface area contributed by atoms with Crippen LogP contribution in [-0.4, -0.2) is 29.0 Å². The average molecular weight is 328 g/mol. The molecule has 118 valence electrons. The molecule has 0 saturated heterocycles. The van der Waals surface area contributed by atoms with Gasteiger partial charge in [-0.15, -0.1) is 5.10 Å². The zero-order valence-electron chi connectivity index (χ0n) is 12.7. The number of nitrogens with one attached hydrogen (secondary N) is 2. The molecule has 0 fully saturated rings. The number of anilines is 2. The van der Waals surface area contributed by atoms with Crippen LogP contribution in [0.5, 0.6) is 11.5 Å². The summed E-state index contributed by atoms with van der Waals surface area (Å²) < 4.78 is 12.8. The van der Waals surface area contributed by atoms with E-state index in [2.05, 4.69) is 15.5 Å². The summed E-state index contributed by atoms with van der Waals surface area (Å²) in [6.07, 6.45) is 0. The van der Waals surface area contributed by atoms with Crippen LogP contribution in [0, 0.1) is 4.77 Å². The molecule has 0 atom stereocenters. The van der Waals surface area contributed by atoms with Gasteiger partial charge < -0.3 is 14.8 Å². The molecular formula is C16H16N4O2S. The van der Waals surface area contributed by atoms with E-state index in [9.17, 15) is 0 Å². The summed E-state index contributed by atoms with van der Waals surface area (Å²) in [4.78, 5) is 0. The molecule has 0 spiro atoms. The molecule has 0 unspecified atom stereocenters. The number of aromatic amines is 1. The Morgan fingerprint density at radius 2 is 1.74 bits per heavy atom. The van der Waals surface area contributed by atoms with E-state index in [0.29, 0.717) is 10.7 Å². The van der Waals surface area contributed by atoms with Crippen molar-refractivity contribution >= 4 is 23.9 Å². The monoisotopic (exact) mass is 328 g/mol. The van der Waals surface area contributed by atoms with E-state index in [1.54, 1.807) is 18.8 Å². The zero-order chi connectivity index (χ0) is 16.2. The maximum absolute atomic E-state index is 5.34. The molecule has 0 aliphatic carbocycles. The fourth-order valence-electron chi connectivity index (χ4n) is 2.20. The van der Waals surface area contributed by atoms with E-state index in [0.717, 1.165) is 22.9 Å². The molecular weight excluding hydrogens is 312 g/mol. The Morgan fingerprint density at radius 1 is 1.04 bits per heavy atom. The Kier molecular flexibility index (Phi) is 4.29. The minimum absolute atomic E-state index is 0.489. The SMILES string of the molecule is COc1cccc(Nc2n[nH]c(=S)n2-c2cccc(OC)c2)c1. The van der Waals surface area contributed by atoms with Crippen molar-refractivity contribution in [3.05, 3.63) is 53.3 Å². The molecule has 0 aliphatic heterocycles. The minimum Gasteiger partial charge on any atom is -0.497 e. The van der Waals surface area contributed by atoms with Crippen LogP contribution in [0.15, 0.2) is 48.5 Å². The standard InChI is InChI=1S/C16H16N4O2S/c1-21-13-7-3-5-11(9-13)17-15-18-19-16(23)20(15)12-6-4-8-14(10-12)22-2/h3-10H,1-2H3,(H,17,18)(H,19,23). The summed E-state index contributed by atoms with van der Waals surface area (Å²) in [6, 6.07) is 15.2. The van der Waals surface area contributed by atoms with Gasteiger partial charge in [-0.1, -0.05) is 12.1 Å². The fourth-order valence-corrected chi connectivity index (χ4v) is 2.44. The predicted octanol–water partition coefficient (Wildman–Crippen LogP) is 3.69. The number of aromatic nitrogens is 3. The molecule has 2 aromatic carbocycles. The summed E-state index contributed by atoms with van der Waals surface area (Å²) in [7, 11) is 3.26. The Labute approximate surface area is 138 Å². The van der Waals surface area contributed by atoms with Crippen LogP contribution < -0.4 is 14.8 Å². The number of ether oxygens (including phenoxy) is 2. The van der Waals surface area contributed by atoms with Crippen molar-refractivity contribution in [1.82, 2.24) is 14.8 Å². The first-order valence-electron chi connectivity index (χ1n) is 6.94. The molecule has 0 saturated carbocycles. The van der Waals surface area contributed by atoms with Crippen molar-refractivity contribution in [2.45, 2.75) is 0 Å². The lowest BCUT2D eigenvalue weighted by Gasteiger charge is -2.10. The quantitative estimate of drug-likeness (QED) is 0.699. The zero-order valence-corrected chi connectivity index (χ0v) is 13.6. The van der Waals surface area contributed by atoms with E-state index in [1.807, 2.05) is 48.5 Å². The van der Waals surface area contributed by atoms with Crippen LogP contribution in [-0.2, 0) is 0 Å². The number of hydrogen-bond donors (Lipinski definition) is 2. The van der Waals surface area contributed by atoms with Gasteiger partial charge in [-0.25, -0.2) is 5.10 Å². The number of benzene rings is 2. The Morgan fingerprint density at radius 3 is 2.48 bits per heavy atom. The van der Waals surface area contributed by atoms with E-state index in [1.165, 1.54) is 0 Å². The second kappa shape index (κ2) is 6.53. The third-order valence-corrected chi connectivity index (χ3v) is 3.58. The van der Waals surface area contributed by atoms with E-state index < -0.39 is 0 Å². The van der Waals surface area contributed by atoms with E-state index >= 15 is 0 Å². The lowest BCUT2D eigenvalue weighted by Crippen LogP contribution is -2.02. The van der Waals surface area contributed by atoms with Gasteiger partial charge in [0, 0.05) is 17.8 Å². The van der Waals surface area contributed by atoms with Crippen molar-refractivity contribution in [2.24, 2.45) is 0 Å². The molecule has 2 N–H and O–H groups in total. The molecule has 7 heteroatoms. The van der Waals surface area contributed by atoms with Gasteiger partial charge in [0.1, 0.15) is 11.5 Å². The highest BCUT2D eigenvalue weighted by Crippen LogP contribution is 2.24. The first-order chi connectivity index (χ1) is 11.2. The van der Waals surface area contributed by atoms with Crippen LogP contribution in [0.3, 0.4) is 0 Å². The van der Waals surface area contributed by atoms with Gasteiger partial charge in [0.05, 0.1) is 19.9 Å². The first-order valence-corrected chi connectivity index (χ1v) is 7.35. The summed E-state index contributed by atoms with van der Waals surface area (Å²) in [5.41, 5.74) is 1.70.